The van der Waals surface area contributed by atoms with Gasteiger partial charge in [0.15, 0.2) is 0 Å². The molecule has 0 amide bonds. The van der Waals surface area contributed by atoms with E-state index in [1.54, 1.807) is 0 Å². The second-order valence-electron chi connectivity index (χ2n) is 3.69. The van der Waals surface area contributed by atoms with Gasteiger partial charge in [-0.25, -0.2) is 9.97 Å². The molecule has 2 N–H and O–H groups in total. The second kappa shape index (κ2) is 7.84. The first-order valence-electron chi connectivity index (χ1n) is 6.17. The van der Waals surface area contributed by atoms with Crippen LogP contribution in [0.4, 0.5) is 11.6 Å². The van der Waals surface area contributed by atoms with Gasteiger partial charge in [-0.05, 0) is 27.2 Å². The predicted molar refractivity (Wildman–Crippen MR) is 70.5 cm³/mol. The first kappa shape index (κ1) is 13.7. The Kier molecular flexibility index (Phi) is 6.32. The molecule has 17 heavy (non-hydrogen) atoms. The molecule has 0 radical (unpaired) electrons. The quantitative estimate of drug-likeness (QED) is 0.679. The van der Waals surface area contributed by atoms with Crippen LogP contribution < -0.4 is 10.6 Å². The molecule has 0 fully saturated rings. The summed E-state index contributed by atoms with van der Waals surface area (Å²) in [6.07, 6.45) is 0.980. The molecule has 1 rings (SSSR count). The van der Waals surface area contributed by atoms with E-state index in [4.69, 9.17) is 4.74 Å². The van der Waals surface area contributed by atoms with Gasteiger partial charge in [0, 0.05) is 32.4 Å². The number of hydrogen-bond acceptors (Lipinski definition) is 5. The first-order valence-corrected chi connectivity index (χ1v) is 6.17. The number of nitrogens with zero attached hydrogens (tertiary/aromatic N) is 2. The molecule has 0 spiro atoms. The molecule has 1 aromatic heterocycles. The summed E-state index contributed by atoms with van der Waals surface area (Å²) in [5.41, 5.74) is 0. The van der Waals surface area contributed by atoms with E-state index in [-0.39, 0.29) is 0 Å². The van der Waals surface area contributed by atoms with E-state index in [1.807, 2.05) is 26.8 Å². The van der Waals surface area contributed by atoms with Crippen molar-refractivity contribution in [2.75, 3.05) is 36.9 Å². The van der Waals surface area contributed by atoms with Gasteiger partial charge in [0.25, 0.3) is 0 Å². The molecular weight excluding hydrogens is 216 g/mol. The zero-order chi connectivity index (χ0) is 12.5. The van der Waals surface area contributed by atoms with Crippen molar-refractivity contribution in [1.29, 1.82) is 0 Å². The van der Waals surface area contributed by atoms with Crippen molar-refractivity contribution >= 4 is 11.6 Å². The molecule has 5 heteroatoms. The molecule has 0 unspecified atom stereocenters. The second-order valence-corrected chi connectivity index (χ2v) is 3.69. The summed E-state index contributed by atoms with van der Waals surface area (Å²) < 4.78 is 5.27. The molecule has 1 aromatic rings. The summed E-state index contributed by atoms with van der Waals surface area (Å²) in [5, 5.41) is 6.46. The number of rotatable bonds is 8. The standard InChI is InChI=1S/C12H22N4O/c1-4-13-11-9-12(16-10(3)15-11)14-7-6-8-17-5-2/h9H,4-8H2,1-3H3,(H2,13,14,15,16). The predicted octanol–water partition coefficient (Wildman–Crippen LogP) is 2.06. The van der Waals surface area contributed by atoms with E-state index in [2.05, 4.69) is 20.6 Å². The van der Waals surface area contributed by atoms with Crippen LogP contribution in [0.15, 0.2) is 6.07 Å². The molecule has 0 aliphatic carbocycles. The van der Waals surface area contributed by atoms with Gasteiger partial charge in [-0.1, -0.05) is 0 Å². The summed E-state index contributed by atoms with van der Waals surface area (Å²) in [5.74, 6) is 2.51. The average molecular weight is 238 g/mol. The minimum atomic E-state index is 0.774. The number of hydrogen-bond donors (Lipinski definition) is 2. The number of aromatic nitrogens is 2. The Morgan fingerprint density at radius 3 is 2.53 bits per heavy atom. The zero-order valence-corrected chi connectivity index (χ0v) is 10.9. The van der Waals surface area contributed by atoms with Crippen molar-refractivity contribution in [2.45, 2.75) is 27.2 Å². The average Bonchev–Trinajstić information content (AvgIpc) is 2.28. The van der Waals surface area contributed by atoms with Crippen LogP contribution in [0.5, 0.6) is 0 Å². The topological polar surface area (TPSA) is 59.1 Å². The maximum atomic E-state index is 5.27. The van der Waals surface area contributed by atoms with E-state index in [0.29, 0.717) is 0 Å². The van der Waals surface area contributed by atoms with Crippen LogP contribution in [0, 0.1) is 6.92 Å². The fraction of sp³-hybridized carbons (Fsp3) is 0.667. The third-order valence-corrected chi connectivity index (χ3v) is 2.17. The van der Waals surface area contributed by atoms with E-state index in [9.17, 15) is 0 Å². The molecule has 0 aliphatic rings. The molecule has 0 aromatic carbocycles. The van der Waals surface area contributed by atoms with Crippen molar-refractivity contribution in [3.05, 3.63) is 11.9 Å². The summed E-state index contributed by atoms with van der Waals surface area (Å²) >= 11 is 0. The van der Waals surface area contributed by atoms with E-state index >= 15 is 0 Å². The largest absolute Gasteiger partial charge is 0.382 e. The Bertz CT molecular complexity index is 330. The van der Waals surface area contributed by atoms with Crippen LogP contribution in [-0.2, 0) is 4.74 Å². The molecule has 0 saturated heterocycles. The van der Waals surface area contributed by atoms with Gasteiger partial charge in [0.05, 0.1) is 0 Å². The maximum Gasteiger partial charge on any atom is 0.131 e. The van der Waals surface area contributed by atoms with Crippen LogP contribution in [0.1, 0.15) is 26.1 Å². The van der Waals surface area contributed by atoms with E-state index < -0.39 is 0 Å². The van der Waals surface area contributed by atoms with Gasteiger partial charge in [-0.2, -0.15) is 0 Å². The lowest BCUT2D eigenvalue weighted by atomic mass is 10.4. The Balaban J connectivity index is 2.41. The van der Waals surface area contributed by atoms with Crippen LogP contribution in [0.2, 0.25) is 0 Å². The third kappa shape index (κ3) is 5.49. The number of ether oxygens (including phenoxy) is 1. The SMILES string of the molecule is CCNc1cc(NCCCOCC)nc(C)n1. The summed E-state index contributed by atoms with van der Waals surface area (Å²) in [7, 11) is 0. The van der Waals surface area contributed by atoms with Gasteiger partial charge in [-0.15, -0.1) is 0 Å². The van der Waals surface area contributed by atoms with Crippen LogP contribution in [-0.4, -0.2) is 36.3 Å². The first-order chi connectivity index (χ1) is 8.26. The van der Waals surface area contributed by atoms with Gasteiger partial charge < -0.3 is 15.4 Å². The number of aryl methyl sites for hydroxylation is 1. The highest BCUT2D eigenvalue weighted by Gasteiger charge is 2.00. The lowest BCUT2D eigenvalue weighted by Crippen LogP contribution is -2.09. The molecule has 1 heterocycles. The molecule has 96 valence electrons. The van der Waals surface area contributed by atoms with Gasteiger partial charge in [0.1, 0.15) is 17.5 Å². The maximum absolute atomic E-state index is 5.27. The molecule has 0 aliphatic heterocycles. The highest BCUT2D eigenvalue weighted by Crippen LogP contribution is 2.10. The molecule has 0 bridgehead atoms. The summed E-state index contributed by atoms with van der Waals surface area (Å²) in [6, 6.07) is 1.93. The van der Waals surface area contributed by atoms with Crippen LogP contribution in [0.25, 0.3) is 0 Å². The fourth-order valence-electron chi connectivity index (χ4n) is 1.46. The number of nitrogens with one attached hydrogen (secondary N) is 2. The lowest BCUT2D eigenvalue weighted by molar-refractivity contribution is 0.147. The Morgan fingerprint density at radius 2 is 1.88 bits per heavy atom. The number of anilines is 2. The van der Waals surface area contributed by atoms with Crippen molar-refractivity contribution in [1.82, 2.24) is 9.97 Å². The lowest BCUT2D eigenvalue weighted by Gasteiger charge is -2.09. The monoisotopic (exact) mass is 238 g/mol. The van der Waals surface area contributed by atoms with Gasteiger partial charge in [-0.3, -0.25) is 0 Å². The normalized spacial score (nSPS) is 10.3. The van der Waals surface area contributed by atoms with Gasteiger partial charge >= 0.3 is 0 Å². The molecule has 5 nitrogen and oxygen atoms in total. The minimum Gasteiger partial charge on any atom is -0.382 e. The molecule has 0 atom stereocenters. The van der Waals surface area contributed by atoms with Crippen molar-refractivity contribution < 1.29 is 4.74 Å². The van der Waals surface area contributed by atoms with Gasteiger partial charge in [0.2, 0.25) is 0 Å². The zero-order valence-electron chi connectivity index (χ0n) is 10.9. The highest BCUT2D eigenvalue weighted by atomic mass is 16.5. The van der Waals surface area contributed by atoms with Crippen molar-refractivity contribution in [3.63, 3.8) is 0 Å². The van der Waals surface area contributed by atoms with Crippen molar-refractivity contribution in [3.8, 4) is 0 Å². The third-order valence-electron chi connectivity index (χ3n) is 2.17. The fourth-order valence-corrected chi connectivity index (χ4v) is 1.46. The van der Waals surface area contributed by atoms with Crippen LogP contribution >= 0.6 is 0 Å². The summed E-state index contributed by atoms with van der Waals surface area (Å²) in [4.78, 5) is 8.63. The highest BCUT2D eigenvalue weighted by molar-refractivity contribution is 5.47. The Morgan fingerprint density at radius 1 is 1.18 bits per heavy atom. The van der Waals surface area contributed by atoms with E-state index in [0.717, 1.165) is 50.2 Å². The molecular formula is C12H22N4O. The summed E-state index contributed by atoms with van der Waals surface area (Å²) in [6.45, 7) is 9.23. The Labute approximate surface area is 103 Å². The van der Waals surface area contributed by atoms with Crippen LogP contribution in [0.3, 0.4) is 0 Å². The smallest absolute Gasteiger partial charge is 0.131 e. The van der Waals surface area contributed by atoms with E-state index in [1.165, 1.54) is 0 Å². The minimum absolute atomic E-state index is 0.774. The van der Waals surface area contributed by atoms with Crippen molar-refractivity contribution in [2.24, 2.45) is 0 Å². The Hall–Kier alpha value is -1.36. The molecule has 0 saturated carbocycles.